The van der Waals surface area contributed by atoms with Crippen molar-refractivity contribution in [2.24, 2.45) is 5.73 Å². The summed E-state index contributed by atoms with van der Waals surface area (Å²) in [5, 5.41) is 12.4. The van der Waals surface area contributed by atoms with E-state index in [-0.39, 0.29) is 19.3 Å². The van der Waals surface area contributed by atoms with E-state index >= 15 is 0 Å². The highest BCUT2D eigenvalue weighted by Crippen LogP contribution is 2.06. The minimum atomic E-state index is -1.04. The Hall–Kier alpha value is -0.593. The van der Waals surface area contributed by atoms with Crippen LogP contribution in [0.25, 0.3) is 0 Å². The average molecular weight is 248 g/mol. The Morgan fingerprint density at radius 3 is 2.56 bits per heavy atom. The number of nitrogens with one attached hydrogen (secondary N) is 1. The van der Waals surface area contributed by atoms with Crippen molar-refractivity contribution >= 4 is 14.2 Å². The molecule has 0 aliphatic heterocycles. The number of primary amides is 1. The van der Waals surface area contributed by atoms with Gasteiger partial charge < -0.3 is 20.9 Å². The number of hydrogen-bond acceptors (Lipinski definition) is 4. The van der Waals surface area contributed by atoms with Gasteiger partial charge in [-0.2, -0.15) is 0 Å². The summed E-state index contributed by atoms with van der Waals surface area (Å²) in [6.45, 7) is 8.11. The third-order valence-electron chi connectivity index (χ3n) is 2.24. The Balaban J connectivity index is 3.63. The third kappa shape index (κ3) is 9.94. The molecule has 0 saturated carbocycles. The van der Waals surface area contributed by atoms with Gasteiger partial charge in [-0.25, -0.2) is 4.79 Å². The first-order chi connectivity index (χ1) is 7.35. The van der Waals surface area contributed by atoms with Gasteiger partial charge in [-0.05, 0) is 19.0 Å². The van der Waals surface area contributed by atoms with Gasteiger partial charge in [0.05, 0.1) is 13.2 Å². The zero-order valence-electron chi connectivity index (χ0n) is 10.5. The molecule has 0 aliphatic rings. The summed E-state index contributed by atoms with van der Waals surface area (Å²) in [5.74, 6) is 0. The van der Waals surface area contributed by atoms with E-state index in [4.69, 9.17) is 10.8 Å². The fraction of sp³-hybridized carbons (Fsp3) is 0.900. The fourth-order valence-electron chi connectivity index (χ4n) is 1.21. The van der Waals surface area contributed by atoms with Crippen LogP contribution in [-0.4, -0.2) is 45.1 Å². The monoisotopic (exact) mass is 248 g/mol. The second-order valence-electron chi connectivity index (χ2n) is 5.10. The van der Waals surface area contributed by atoms with Gasteiger partial charge in [-0.15, -0.1) is 0 Å². The second kappa shape index (κ2) is 7.64. The van der Waals surface area contributed by atoms with Gasteiger partial charge in [0.2, 0.25) is 0 Å². The fourth-order valence-corrected chi connectivity index (χ4v) is 2.11. The molecule has 0 aromatic carbocycles. The first-order valence-corrected chi connectivity index (χ1v) is 9.32. The van der Waals surface area contributed by atoms with Gasteiger partial charge in [-0.3, -0.25) is 0 Å². The number of carbonyl (C=O) groups is 1. The Labute approximate surface area is 98.4 Å². The van der Waals surface area contributed by atoms with Crippen molar-refractivity contribution < 1.29 is 14.6 Å². The van der Waals surface area contributed by atoms with E-state index in [1.54, 1.807) is 0 Å². The van der Waals surface area contributed by atoms with Gasteiger partial charge in [0, 0.05) is 14.1 Å². The van der Waals surface area contributed by atoms with Crippen LogP contribution in [0.3, 0.4) is 0 Å². The predicted octanol–water partition coefficient (Wildman–Crippen LogP) is 0.761. The van der Waals surface area contributed by atoms with Gasteiger partial charge >= 0.3 is 6.09 Å². The largest absolute Gasteiger partial charge is 0.450 e. The number of hydrogen-bond donors (Lipinski definition) is 3. The van der Waals surface area contributed by atoms with Crippen molar-refractivity contribution in [3.05, 3.63) is 0 Å². The van der Waals surface area contributed by atoms with Crippen molar-refractivity contribution in [3.8, 4) is 0 Å². The quantitative estimate of drug-likeness (QED) is 0.554. The first-order valence-electron chi connectivity index (χ1n) is 5.61. The molecule has 16 heavy (non-hydrogen) atoms. The van der Waals surface area contributed by atoms with E-state index in [0.29, 0.717) is 6.42 Å². The third-order valence-corrected chi connectivity index (χ3v) is 3.99. The molecule has 0 heterocycles. The highest BCUT2D eigenvalue weighted by Gasteiger charge is 2.14. The van der Waals surface area contributed by atoms with Crippen LogP contribution < -0.4 is 11.1 Å². The smallest absolute Gasteiger partial charge is 0.404 e. The highest BCUT2D eigenvalue weighted by atomic mass is 28.3. The van der Waals surface area contributed by atoms with Gasteiger partial charge in [0.15, 0.2) is 0 Å². The Kier molecular flexibility index (Phi) is 7.36. The maximum atomic E-state index is 10.3. The normalized spacial score (nSPS) is 13.5. The van der Waals surface area contributed by atoms with E-state index in [2.05, 4.69) is 29.7 Å². The molecule has 6 heteroatoms. The molecule has 1 atom stereocenters. The molecular weight excluding hydrogens is 224 g/mol. The number of carbonyl (C=O) groups excluding carboxylic acids is 1. The summed E-state index contributed by atoms with van der Waals surface area (Å²) in [4.78, 5) is 10.3. The molecule has 4 N–H and O–H groups in total. The molecule has 0 spiro atoms. The highest BCUT2D eigenvalue weighted by molar-refractivity contribution is 6.76. The average Bonchev–Trinajstić information content (AvgIpc) is 2.13. The van der Waals surface area contributed by atoms with Gasteiger partial charge in [-0.1, -0.05) is 19.6 Å². The minimum absolute atomic E-state index is 0.0179. The number of rotatable bonds is 8. The van der Waals surface area contributed by atoms with Crippen molar-refractivity contribution in [1.82, 2.24) is 5.32 Å². The molecule has 0 aromatic rings. The van der Waals surface area contributed by atoms with Crippen LogP contribution in [-0.2, 0) is 4.74 Å². The molecule has 0 radical (unpaired) electrons. The lowest BCUT2D eigenvalue weighted by Gasteiger charge is -2.20. The maximum absolute atomic E-state index is 10.3. The zero-order chi connectivity index (χ0) is 12.6. The number of nitrogens with two attached hydrogens (primary N) is 1. The molecule has 1 amide bonds. The van der Waals surface area contributed by atoms with Crippen LogP contribution in [0.15, 0.2) is 0 Å². The minimum Gasteiger partial charge on any atom is -0.450 e. The van der Waals surface area contributed by atoms with E-state index in [1.807, 2.05) is 0 Å². The van der Waals surface area contributed by atoms with Crippen LogP contribution >= 0.6 is 0 Å². The summed E-state index contributed by atoms with van der Waals surface area (Å²) in [6, 6.07) is 1.15. The second-order valence-corrected chi connectivity index (χ2v) is 10.7. The maximum Gasteiger partial charge on any atom is 0.404 e. The summed E-state index contributed by atoms with van der Waals surface area (Å²) in [7, 11) is -1.04. The zero-order valence-corrected chi connectivity index (χ0v) is 11.5. The molecular formula is C10H24N2O3Si. The summed E-state index contributed by atoms with van der Waals surface area (Å²) >= 11 is 0. The number of amides is 1. The number of aliphatic hydroxyl groups excluding tert-OH is 1. The molecule has 5 nitrogen and oxygen atoms in total. The lowest BCUT2D eigenvalue weighted by atomic mass is 10.2. The van der Waals surface area contributed by atoms with Crippen LogP contribution in [0, 0.1) is 0 Å². The molecule has 0 rings (SSSR count). The molecule has 0 aromatic heterocycles. The van der Waals surface area contributed by atoms with Crippen molar-refractivity contribution in [3.63, 3.8) is 0 Å². The molecule has 0 aliphatic carbocycles. The lowest BCUT2D eigenvalue weighted by molar-refractivity contribution is 0.142. The summed E-state index contributed by atoms with van der Waals surface area (Å²) < 4.78 is 4.62. The van der Waals surface area contributed by atoms with E-state index < -0.39 is 14.2 Å². The van der Waals surface area contributed by atoms with Crippen molar-refractivity contribution in [2.45, 2.75) is 38.1 Å². The van der Waals surface area contributed by atoms with Crippen LogP contribution in [0.4, 0.5) is 4.79 Å². The first kappa shape index (κ1) is 15.4. The molecule has 96 valence electrons. The van der Waals surface area contributed by atoms with E-state index in [9.17, 15) is 4.79 Å². The summed E-state index contributed by atoms with van der Waals surface area (Å²) in [6.07, 6.45) is -0.177. The van der Waals surface area contributed by atoms with Gasteiger partial charge in [0.25, 0.3) is 0 Å². The lowest BCUT2D eigenvalue weighted by Crippen LogP contribution is -2.37. The van der Waals surface area contributed by atoms with E-state index in [1.165, 1.54) is 6.04 Å². The standard InChI is InChI=1S/C10H24N2O3Si/c1-16(2,3)7-5-12-9(8-13)4-6-15-10(11)14/h9,12-13H,4-8H2,1-3H3,(H2,11,14). The predicted molar refractivity (Wildman–Crippen MR) is 67.2 cm³/mol. The van der Waals surface area contributed by atoms with Crippen molar-refractivity contribution in [2.75, 3.05) is 19.8 Å². The summed E-state index contributed by atoms with van der Waals surface area (Å²) in [5.41, 5.74) is 4.84. The molecule has 1 unspecified atom stereocenters. The van der Waals surface area contributed by atoms with Crippen molar-refractivity contribution in [1.29, 1.82) is 0 Å². The Bertz CT molecular complexity index is 207. The number of ether oxygens (including phenoxy) is 1. The Morgan fingerprint density at radius 2 is 2.12 bits per heavy atom. The molecule has 0 bridgehead atoms. The van der Waals surface area contributed by atoms with E-state index in [0.717, 1.165) is 6.54 Å². The van der Waals surface area contributed by atoms with Crippen LogP contribution in [0.1, 0.15) is 6.42 Å². The van der Waals surface area contributed by atoms with Gasteiger partial charge in [0.1, 0.15) is 0 Å². The van der Waals surface area contributed by atoms with Crippen LogP contribution in [0.2, 0.25) is 25.7 Å². The molecule has 0 saturated heterocycles. The number of aliphatic hydroxyl groups is 1. The van der Waals surface area contributed by atoms with Crippen LogP contribution in [0.5, 0.6) is 0 Å². The SMILES string of the molecule is C[Si](C)(C)CCNC(CO)CCOC(N)=O. The Morgan fingerprint density at radius 1 is 1.50 bits per heavy atom. The molecule has 0 fully saturated rings. The topological polar surface area (TPSA) is 84.6 Å².